The van der Waals surface area contributed by atoms with Crippen molar-refractivity contribution in [1.29, 1.82) is 0 Å². The van der Waals surface area contributed by atoms with E-state index in [0.717, 1.165) is 29.7 Å². The van der Waals surface area contributed by atoms with E-state index in [1.807, 2.05) is 24.3 Å². The molecular weight excluding hydrogens is 360 g/mol. The molecule has 2 aromatic rings. The number of amides is 1. The Labute approximate surface area is 161 Å². The minimum Gasteiger partial charge on any atom is -0.312 e. The van der Waals surface area contributed by atoms with E-state index >= 15 is 0 Å². The quantitative estimate of drug-likeness (QED) is 0.854. The summed E-state index contributed by atoms with van der Waals surface area (Å²) in [7, 11) is -3.61. The van der Waals surface area contributed by atoms with Crippen molar-refractivity contribution in [3.63, 3.8) is 0 Å². The van der Waals surface area contributed by atoms with Gasteiger partial charge in [0.05, 0.1) is 4.90 Å². The molecule has 0 aromatic heterocycles. The highest BCUT2D eigenvalue weighted by molar-refractivity contribution is 7.89. The molecule has 1 aliphatic heterocycles. The summed E-state index contributed by atoms with van der Waals surface area (Å²) in [6.07, 6.45) is 1.62. The number of nitrogens with zero attached hydrogens (tertiary/aromatic N) is 1. The zero-order chi connectivity index (χ0) is 19.6. The lowest BCUT2D eigenvalue weighted by Crippen LogP contribution is -2.33. The fourth-order valence-electron chi connectivity index (χ4n) is 3.35. The van der Waals surface area contributed by atoms with Crippen molar-refractivity contribution >= 4 is 21.6 Å². The molecule has 27 heavy (non-hydrogen) atoms. The Hall–Kier alpha value is -2.18. The Morgan fingerprint density at radius 1 is 1.15 bits per heavy atom. The number of carbonyl (C=O) groups excluding carboxylic acids is 1. The van der Waals surface area contributed by atoms with Gasteiger partial charge in [-0.05, 0) is 53.6 Å². The minimum atomic E-state index is -3.61. The molecule has 144 valence electrons. The largest absolute Gasteiger partial charge is 0.312 e. The number of aryl methyl sites for hydroxylation is 1. The zero-order valence-electron chi connectivity index (χ0n) is 16.0. The number of carbonyl (C=O) groups is 1. The van der Waals surface area contributed by atoms with Crippen molar-refractivity contribution in [2.45, 2.75) is 51.0 Å². The molecule has 0 aliphatic carbocycles. The highest BCUT2D eigenvalue weighted by Crippen LogP contribution is 2.29. The molecule has 1 amide bonds. The Bertz CT molecular complexity index is 934. The fraction of sp³-hybridized carbons (Fsp3) is 0.381. The average Bonchev–Trinajstić information content (AvgIpc) is 2.65. The molecule has 0 spiro atoms. The van der Waals surface area contributed by atoms with Crippen molar-refractivity contribution in [3.05, 3.63) is 59.2 Å². The van der Waals surface area contributed by atoms with Gasteiger partial charge in [0.2, 0.25) is 15.9 Å². The lowest BCUT2D eigenvalue weighted by Gasteiger charge is -2.28. The first-order chi connectivity index (χ1) is 12.8. The van der Waals surface area contributed by atoms with Crippen molar-refractivity contribution in [1.82, 2.24) is 4.72 Å². The number of nitrogens with one attached hydrogen (secondary N) is 1. The normalized spacial score (nSPS) is 14.3. The molecule has 1 aliphatic rings. The number of benzene rings is 2. The first kappa shape index (κ1) is 19.6. The van der Waals surface area contributed by atoms with Gasteiger partial charge >= 0.3 is 0 Å². The maximum Gasteiger partial charge on any atom is 0.240 e. The molecule has 1 heterocycles. The Morgan fingerprint density at radius 2 is 1.85 bits per heavy atom. The predicted molar refractivity (Wildman–Crippen MR) is 107 cm³/mol. The molecule has 3 rings (SSSR count). The second-order valence-electron chi connectivity index (χ2n) is 7.29. The van der Waals surface area contributed by atoms with Crippen molar-refractivity contribution in [2.24, 2.45) is 0 Å². The maximum atomic E-state index is 12.7. The summed E-state index contributed by atoms with van der Waals surface area (Å²) >= 11 is 0. The van der Waals surface area contributed by atoms with Crippen LogP contribution in [0.5, 0.6) is 0 Å². The highest BCUT2D eigenvalue weighted by Gasteiger charge is 2.23. The maximum absolute atomic E-state index is 12.7. The molecule has 2 aromatic carbocycles. The number of hydrogen-bond donors (Lipinski definition) is 1. The van der Waals surface area contributed by atoms with E-state index < -0.39 is 10.0 Å². The van der Waals surface area contributed by atoms with Crippen molar-refractivity contribution in [3.8, 4) is 0 Å². The number of anilines is 1. The van der Waals surface area contributed by atoms with E-state index in [9.17, 15) is 13.2 Å². The van der Waals surface area contributed by atoms with Crippen LogP contribution < -0.4 is 9.62 Å². The molecule has 0 atom stereocenters. The number of sulfonamides is 1. The molecule has 0 fully saturated rings. The van der Waals surface area contributed by atoms with E-state index in [2.05, 4.69) is 18.6 Å². The van der Waals surface area contributed by atoms with Crippen LogP contribution in [-0.2, 0) is 27.8 Å². The fourth-order valence-corrected chi connectivity index (χ4v) is 4.42. The monoisotopic (exact) mass is 386 g/mol. The molecule has 6 heteroatoms. The summed E-state index contributed by atoms with van der Waals surface area (Å²) in [6, 6.07) is 13.0. The van der Waals surface area contributed by atoms with Crippen LogP contribution in [0, 0.1) is 0 Å². The van der Waals surface area contributed by atoms with Gasteiger partial charge < -0.3 is 4.90 Å². The van der Waals surface area contributed by atoms with Crippen LogP contribution in [0.3, 0.4) is 0 Å². The third kappa shape index (κ3) is 4.39. The molecule has 0 unspecified atom stereocenters. The highest BCUT2D eigenvalue weighted by atomic mass is 32.2. The third-order valence-corrected chi connectivity index (χ3v) is 6.37. The molecule has 0 saturated heterocycles. The van der Waals surface area contributed by atoms with Crippen LogP contribution in [0.4, 0.5) is 5.69 Å². The van der Waals surface area contributed by atoms with Crippen LogP contribution >= 0.6 is 0 Å². The topological polar surface area (TPSA) is 66.5 Å². The van der Waals surface area contributed by atoms with Gasteiger partial charge in [0.15, 0.2) is 0 Å². The summed E-state index contributed by atoms with van der Waals surface area (Å²) in [4.78, 5) is 13.7. The smallest absolute Gasteiger partial charge is 0.240 e. The molecule has 1 N–H and O–H groups in total. The summed E-state index contributed by atoms with van der Waals surface area (Å²) < 4.78 is 28.1. The average molecular weight is 387 g/mol. The minimum absolute atomic E-state index is 0.0190. The van der Waals surface area contributed by atoms with Gasteiger partial charge in [-0.1, -0.05) is 38.1 Å². The van der Waals surface area contributed by atoms with Gasteiger partial charge in [0, 0.05) is 25.7 Å². The summed E-state index contributed by atoms with van der Waals surface area (Å²) in [5.74, 6) is 0.426. The van der Waals surface area contributed by atoms with E-state index in [1.54, 1.807) is 23.1 Å². The Morgan fingerprint density at radius 3 is 2.48 bits per heavy atom. The van der Waals surface area contributed by atoms with Gasteiger partial charge in [-0.2, -0.15) is 0 Å². The molecule has 0 saturated carbocycles. The van der Waals surface area contributed by atoms with E-state index in [0.29, 0.717) is 12.5 Å². The van der Waals surface area contributed by atoms with Crippen LogP contribution in [-0.4, -0.2) is 20.9 Å². The Kier molecular flexibility index (Phi) is 5.67. The zero-order valence-corrected chi connectivity index (χ0v) is 16.8. The van der Waals surface area contributed by atoms with Crippen LogP contribution in [0.1, 0.15) is 49.8 Å². The standard InChI is InChI=1S/C21H26N2O3S/c1-15(2)18-8-6-17(7-9-18)14-22-27(25,26)20-10-11-21-19(13-20)5-4-12-23(21)16(3)24/h6-11,13,15,22H,4-5,12,14H2,1-3H3. The van der Waals surface area contributed by atoms with Crippen molar-refractivity contribution < 1.29 is 13.2 Å². The van der Waals surface area contributed by atoms with Gasteiger partial charge in [-0.3, -0.25) is 4.79 Å². The van der Waals surface area contributed by atoms with Crippen LogP contribution in [0.25, 0.3) is 0 Å². The molecule has 0 radical (unpaired) electrons. The van der Waals surface area contributed by atoms with Gasteiger partial charge in [0.1, 0.15) is 0 Å². The second kappa shape index (κ2) is 7.82. The van der Waals surface area contributed by atoms with Crippen LogP contribution in [0.2, 0.25) is 0 Å². The number of hydrogen-bond acceptors (Lipinski definition) is 3. The van der Waals surface area contributed by atoms with Crippen LogP contribution in [0.15, 0.2) is 47.4 Å². The first-order valence-electron chi connectivity index (χ1n) is 9.27. The summed E-state index contributed by atoms with van der Waals surface area (Å²) in [5, 5.41) is 0. The lowest BCUT2D eigenvalue weighted by molar-refractivity contribution is -0.116. The summed E-state index contributed by atoms with van der Waals surface area (Å²) in [5.41, 5.74) is 3.87. The molecular formula is C21H26N2O3S. The Balaban J connectivity index is 1.76. The third-order valence-electron chi connectivity index (χ3n) is 4.97. The van der Waals surface area contributed by atoms with E-state index in [-0.39, 0.29) is 17.3 Å². The molecule has 5 nitrogen and oxygen atoms in total. The van der Waals surface area contributed by atoms with E-state index in [1.165, 1.54) is 12.5 Å². The number of fused-ring (bicyclic) bond motifs is 1. The van der Waals surface area contributed by atoms with Crippen molar-refractivity contribution in [2.75, 3.05) is 11.4 Å². The first-order valence-corrected chi connectivity index (χ1v) is 10.8. The summed E-state index contributed by atoms with van der Waals surface area (Å²) in [6.45, 7) is 6.71. The van der Waals surface area contributed by atoms with Gasteiger partial charge in [-0.25, -0.2) is 13.1 Å². The lowest BCUT2D eigenvalue weighted by atomic mass is 10.0. The van der Waals surface area contributed by atoms with Gasteiger partial charge in [-0.15, -0.1) is 0 Å². The second-order valence-corrected chi connectivity index (χ2v) is 9.05. The number of rotatable bonds is 5. The molecule has 0 bridgehead atoms. The van der Waals surface area contributed by atoms with Gasteiger partial charge in [0.25, 0.3) is 0 Å². The van der Waals surface area contributed by atoms with E-state index in [4.69, 9.17) is 0 Å². The SMILES string of the molecule is CC(=O)N1CCCc2cc(S(=O)(=O)NCc3ccc(C(C)C)cc3)ccc21. The predicted octanol–water partition coefficient (Wildman–Crippen LogP) is 3.59.